The third kappa shape index (κ3) is 10.6. The van der Waals surface area contributed by atoms with E-state index in [0.29, 0.717) is 24.0 Å². The SMILES string of the molecule is C=CCNC(=S)N/N=C/c1ccc(OCCCCCCCCC)c(OC)c1. The zero-order valence-electron chi connectivity index (χ0n) is 16.6. The largest absolute Gasteiger partial charge is 0.493 e. The average Bonchev–Trinajstić information content (AvgIpc) is 2.69. The molecule has 0 saturated heterocycles. The van der Waals surface area contributed by atoms with E-state index < -0.39 is 0 Å². The molecule has 5 nitrogen and oxygen atoms in total. The predicted molar refractivity (Wildman–Crippen MR) is 118 cm³/mol. The fourth-order valence-corrected chi connectivity index (χ4v) is 2.63. The van der Waals surface area contributed by atoms with Crippen molar-refractivity contribution in [3.05, 3.63) is 36.4 Å². The molecule has 0 aliphatic rings. The van der Waals surface area contributed by atoms with Crippen molar-refractivity contribution in [1.29, 1.82) is 0 Å². The maximum absolute atomic E-state index is 5.87. The Labute approximate surface area is 169 Å². The van der Waals surface area contributed by atoms with Gasteiger partial charge in [0.05, 0.1) is 19.9 Å². The number of unbranched alkanes of at least 4 members (excludes halogenated alkanes) is 6. The number of nitrogens with zero attached hydrogens (tertiary/aromatic N) is 1. The summed E-state index contributed by atoms with van der Waals surface area (Å²) in [6, 6.07) is 5.75. The van der Waals surface area contributed by atoms with Gasteiger partial charge < -0.3 is 14.8 Å². The van der Waals surface area contributed by atoms with Crippen LogP contribution in [0.15, 0.2) is 36.0 Å². The molecule has 0 saturated carbocycles. The molecule has 150 valence electrons. The second-order valence-corrected chi connectivity index (χ2v) is 6.66. The molecule has 0 aromatic heterocycles. The normalized spacial score (nSPS) is 10.6. The van der Waals surface area contributed by atoms with Gasteiger partial charge in [-0.2, -0.15) is 5.10 Å². The molecule has 27 heavy (non-hydrogen) atoms. The van der Waals surface area contributed by atoms with Gasteiger partial charge in [0.2, 0.25) is 0 Å². The highest BCUT2D eigenvalue weighted by Gasteiger charge is 2.05. The Bertz CT molecular complexity index is 591. The molecule has 1 aromatic rings. The second kappa shape index (κ2) is 15.0. The molecule has 2 N–H and O–H groups in total. The second-order valence-electron chi connectivity index (χ2n) is 6.25. The van der Waals surface area contributed by atoms with Crippen LogP contribution in [0.5, 0.6) is 11.5 Å². The van der Waals surface area contributed by atoms with Crippen molar-refractivity contribution in [2.75, 3.05) is 20.3 Å². The minimum absolute atomic E-state index is 0.452. The zero-order valence-corrected chi connectivity index (χ0v) is 17.4. The van der Waals surface area contributed by atoms with Gasteiger partial charge in [0.25, 0.3) is 0 Å². The Kier molecular flexibility index (Phi) is 12.8. The van der Waals surface area contributed by atoms with Crippen LogP contribution in [0.25, 0.3) is 0 Å². The van der Waals surface area contributed by atoms with E-state index in [1.807, 2.05) is 18.2 Å². The first-order valence-electron chi connectivity index (χ1n) is 9.69. The Balaban J connectivity index is 2.38. The highest BCUT2D eigenvalue weighted by Crippen LogP contribution is 2.27. The van der Waals surface area contributed by atoms with Crippen LogP contribution in [0, 0.1) is 0 Å². The van der Waals surface area contributed by atoms with Gasteiger partial charge in [-0.05, 0) is 42.4 Å². The van der Waals surface area contributed by atoms with Crippen molar-refractivity contribution in [2.24, 2.45) is 5.10 Å². The van der Waals surface area contributed by atoms with Gasteiger partial charge in [-0.25, -0.2) is 0 Å². The number of nitrogens with one attached hydrogen (secondary N) is 2. The summed E-state index contributed by atoms with van der Waals surface area (Å²) in [6.07, 6.45) is 12.3. The quantitative estimate of drug-likeness (QED) is 0.157. The fraction of sp³-hybridized carbons (Fsp3) is 0.524. The summed E-state index contributed by atoms with van der Waals surface area (Å²) >= 11 is 5.07. The van der Waals surface area contributed by atoms with Crippen LogP contribution in [0.1, 0.15) is 57.4 Å². The van der Waals surface area contributed by atoms with Crippen molar-refractivity contribution in [3.63, 3.8) is 0 Å². The number of hydrogen-bond acceptors (Lipinski definition) is 4. The third-order valence-electron chi connectivity index (χ3n) is 3.98. The van der Waals surface area contributed by atoms with Crippen LogP contribution in [0.3, 0.4) is 0 Å². The summed E-state index contributed by atoms with van der Waals surface area (Å²) in [7, 11) is 1.64. The molecule has 0 heterocycles. The molecular formula is C21H33N3O2S. The van der Waals surface area contributed by atoms with Gasteiger partial charge in [-0.15, -0.1) is 6.58 Å². The first-order valence-corrected chi connectivity index (χ1v) is 10.1. The molecule has 0 spiro atoms. The average molecular weight is 392 g/mol. The fourth-order valence-electron chi connectivity index (χ4n) is 2.49. The number of hydrogen-bond donors (Lipinski definition) is 2. The Morgan fingerprint density at radius 1 is 1.15 bits per heavy atom. The van der Waals surface area contributed by atoms with Crippen molar-refractivity contribution in [3.8, 4) is 11.5 Å². The standard InChI is InChI=1S/C21H33N3O2S/c1-4-6-7-8-9-10-11-15-26-19-13-12-18(16-20(19)25-3)17-23-24-21(27)22-14-5-2/h5,12-13,16-17H,2,4,6-11,14-15H2,1,3H3,(H2,22,24,27)/b23-17+. The molecule has 1 rings (SSSR count). The highest BCUT2D eigenvalue weighted by atomic mass is 32.1. The Morgan fingerprint density at radius 2 is 1.89 bits per heavy atom. The Morgan fingerprint density at radius 3 is 2.59 bits per heavy atom. The maximum atomic E-state index is 5.87. The third-order valence-corrected chi connectivity index (χ3v) is 4.22. The van der Waals surface area contributed by atoms with E-state index in [9.17, 15) is 0 Å². The first kappa shape index (κ1) is 23.0. The molecule has 0 bridgehead atoms. The number of rotatable bonds is 14. The monoisotopic (exact) mass is 391 g/mol. The van der Waals surface area contributed by atoms with Gasteiger partial charge in [-0.1, -0.05) is 51.5 Å². The van der Waals surface area contributed by atoms with E-state index in [1.54, 1.807) is 19.4 Å². The van der Waals surface area contributed by atoms with Crippen LogP contribution in [0.4, 0.5) is 0 Å². The minimum atomic E-state index is 0.452. The van der Waals surface area contributed by atoms with E-state index >= 15 is 0 Å². The summed E-state index contributed by atoms with van der Waals surface area (Å²) in [5.41, 5.74) is 3.65. The van der Waals surface area contributed by atoms with Crippen molar-refractivity contribution in [2.45, 2.75) is 51.9 Å². The Hall–Kier alpha value is -2.08. The lowest BCUT2D eigenvalue weighted by atomic mass is 10.1. The van der Waals surface area contributed by atoms with E-state index in [4.69, 9.17) is 21.7 Å². The van der Waals surface area contributed by atoms with E-state index in [2.05, 4.69) is 29.3 Å². The van der Waals surface area contributed by atoms with Gasteiger partial charge in [0.1, 0.15) is 0 Å². The van der Waals surface area contributed by atoms with Crippen LogP contribution in [0.2, 0.25) is 0 Å². The summed E-state index contributed by atoms with van der Waals surface area (Å²) in [4.78, 5) is 0. The maximum Gasteiger partial charge on any atom is 0.187 e. The predicted octanol–water partition coefficient (Wildman–Crippen LogP) is 4.81. The zero-order chi connectivity index (χ0) is 19.7. The summed E-state index contributed by atoms with van der Waals surface area (Å²) in [6.45, 7) is 7.17. The number of methoxy groups -OCH3 is 1. The van der Waals surface area contributed by atoms with Crippen molar-refractivity contribution >= 4 is 23.5 Å². The van der Waals surface area contributed by atoms with Crippen molar-refractivity contribution in [1.82, 2.24) is 10.7 Å². The van der Waals surface area contributed by atoms with Gasteiger partial charge in [0, 0.05) is 6.54 Å². The van der Waals surface area contributed by atoms with Crippen molar-refractivity contribution < 1.29 is 9.47 Å². The van der Waals surface area contributed by atoms with Crippen LogP contribution >= 0.6 is 12.2 Å². The highest BCUT2D eigenvalue weighted by molar-refractivity contribution is 7.80. The number of benzene rings is 1. The lowest BCUT2D eigenvalue weighted by Gasteiger charge is -2.11. The minimum Gasteiger partial charge on any atom is -0.493 e. The topological polar surface area (TPSA) is 54.9 Å². The molecule has 0 atom stereocenters. The molecule has 0 fully saturated rings. The number of thiocarbonyl (C=S) groups is 1. The lowest BCUT2D eigenvalue weighted by Crippen LogP contribution is -2.31. The molecule has 0 radical (unpaired) electrons. The smallest absolute Gasteiger partial charge is 0.187 e. The van der Waals surface area contributed by atoms with Gasteiger partial charge in [0.15, 0.2) is 16.6 Å². The molecule has 0 aliphatic heterocycles. The summed E-state index contributed by atoms with van der Waals surface area (Å²) in [5.74, 6) is 1.46. The first-order chi connectivity index (χ1) is 13.2. The molecule has 1 aromatic carbocycles. The molecule has 0 unspecified atom stereocenters. The molecule has 0 amide bonds. The van der Waals surface area contributed by atoms with E-state index in [1.165, 1.54) is 38.5 Å². The molecule has 0 aliphatic carbocycles. The molecule has 6 heteroatoms. The molecular weight excluding hydrogens is 358 g/mol. The van der Waals surface area contributed by atoms with E-state index in [0.717, 1.165) is 17.7 Å². The summed E-state index contributed by atoms with van der Waals surface area (Å²) < 4.78 is 11.3. The van der Waals surface area contributed by atoms with Crippen LogP contribution in [-0.4, -0.2) is 31.6 Å². The summed E-state index contributed by atoms with van der Waals surface area (Å²) in [5, 5.41) is 7.50. The lowest BCUT2D eigenvalue weighted by molar-refractivity contribution is 0.284. The van der Waals surface area contributed by atoms with E-state index in [-0.39, 0.29) is 0 Å². The van der Waals surface area contributed by atoms with Crippen LogP contribution in [-0.2, 0) is 0 Å². The van der Waals surface area contributed by atoms with Gasteiger partial charge >= 0.3 is 0 Å². The number of hydrazone groups is 1. The van der Waals surface area contributed by atoms with Gasteiger partial charge in [-0.3, -0.25) is 5.43 Å². The number of ether oxygens (including phenoxy) is 2. The van der Waals surface area contributed by atoms with Crippen LogP contribution < -0.4 is 20.2 Å².